The van der Waals surface area contributed by atoms with Crippen LogP contribution in [0.4, 0.5) is 0 Å². The highest BCUT2D eigenvalue weighted by Gasteiger charge is 2.35. The van der Waals surface area contributed by atoms with Crippen LogP contribution in [-0.2, 0) is 9.53 Å². The van der Waals surface area contributed by atoms with E-state index in [1.54, 1.807) is 6.92 Å². The van der Waals surface area contributed by atoms with Crippen LogP contribution in [0.15, 0.2) is 39.4 Å². The zero-order chi connectivity index (χ0) is 15.4. The second kappa shape index (κ2) is 6.83. The number of nitrogens with one attached hydrogen (secondary N) is 1. The van der Waals surface area contributed by atoms with Crippen LogP contribution in [-0.4, -0.2) is 18.8 Å². The minimum atomic E-state index is -0.367. The van der Waals surface area contributed by atoms with Gasteiger partial charge in [-0.05, 0) is 31.5 Å². The molecule has 0 saturated carbocycles. The smallest absolute Gasteiger partial charge is 0.336 e. The molecule has 2 rings (SSSR count). The third kappa shape index (κ3) is 2.99. The van der Waals surface area contributed by atoms with Crippen molar-refractivity contribution in [2.75, 3.05) is 12.9 Å². The second-order valence-electron chi connectivity index (χ2n) is 4.39. The Morgan fingerprint density at radius 1 is 1.62 bits per heavy atom. The monoisotopic (exact) mass is 320 g/mol. The third-order valence-electron chi connectivity index (χ3n) is 3.17. The molecule has 0 fully saturated rings. The van der Waals surface area contributed by atoms with Gasteiger partial charge in [0.15, 0.2) is 0 Å². The largest absolute Gasteiger partial charge is 0.463 e. The number of carbonyl (C=O) groups is 1. The fourth-order valence-electron chi connectivity index (χ4n) is 2.29. The lowest BCUT2D eigenvalue weighted by Crippen LogP contribution is -2.28. The van der Waals surface area contributed by atoms with Crippen molar-refractivity contribution in [3.05, 3.63) is 44.3 Å². The quantitative estimate of drug-likeness (QED) is 0.862. The van der Waals surface area contributed by atoms with Crippen LogP contribution in [0, 0.1) is 11.3 Å². The van der Waals surface area contributed by atoms with E-state index in [1.807, 2.05) is 30.7 Å². The zero-order valence-corrected chi connectivity index (χ0v) is 13.7. The normalized spacial score (nSPS) is 18.3. The average molecular weight is 320 g/mol. The Bertz CT molecular complexity index is 639. The van der Waals surface area contributed by atoms with Gasteiger partial charge >= 0.3 is 5.97 Å². The SMILES string of the molecule is CCOC(=O)C1=C(C)NC(SC)=C(C#N)C1c1cccs1. The number of thiophene rings is 1. The predicted molar refractivity (Wildman–Crippen MR) is 85.7 cm³/mol. The van der Waals surface area contributed by atoms with Gasteiger partial charge < -0.3 is 10.1 Å². The first-order valence-electron chi connectivity index (χ1n) is 6.50. The number of nitriles is 1. The van der Waals surface area contributed by atoms with Gasteiger partial charge in [0.05, 0.1) is 34.8 Å². The molecule has 0 bridgehead atoms. The minimum Gasteiger partial charge on any atom is -0.463 e. The Balaban J connectivity index is 2.57. The Kier molecular flexibility index (Phi) is 5.10. The van der Waals surface area contributed by atoms with Crippen molar-refractivity contribution < 1.29 is 9.53 Å². The van der Waals surface area contributed by atoms with E-state index in [1.165, 1.54) is 23.1 Å². The minimum absolute atomic E-state index is 0.313. The van der Waals surface area contributed by atoms with E-state index >= 15 is 0 Å². The van der Waals surface area contributed by atoms with E-state index in [0.29, 0.717) is 17.8 Å². The highest BCUT2D eigenvalue weighted by molar-refractivity contribution is 8.02. The lowest BCUT2D eigenvalue weighted by molar-refractivity contribution is -0.138. The summed E-state index contributed by atoms with van der Waals surface area (Å²) in [5.74, 6) is -0.716. The first-order valence-corrected chi connectivity index (χ1v) is 8.61. The lowest BCUT2D eigenvalue weighted by atomic mass is 9.87. The standard InChI is InChI=1S/C15H16N2O2S2/c1-4-19-15(18)12-9(2)17-14(20-3)10(8-16)13(12)11-6-5-7-21-11/h5-7,13,17H,4H2,1-3H3. The summed E-state index contributed by atoms with van der Waals surface area (Å²) in [5.41, 5.74) is 1.84. The maximum atomic E-state index is 12.3. The number of ether oxygens (including phenoxy) is 1. The molecule has 0 saturated heterocycles. The fraction of sp³-hybridized carbons (Fsp3) is 0.333. The maximum Gasteiger partial charge on any atom is 0.336 e. The summed E-state index contributed by atoms with van der Waals surface area (Å²) < 4.78 is 5.17. The molecule has 0 aromatic carbocycles. The molecule has 2 heterocycles. The molecule has 21 heavy (non-hydrogen) atoms. The number of allylic oxidation sites excluding steroid dienone is 2. The van der Waals surface area contributed by atoms with E-state index in [4.69, 9.17) is 4.74 Å². The van der Waals surface area contributed by atoms with E-state index in [9.17, 15) is 10.1 Å². The van der Waals surface area contributed by atoms with Crippen molar-refractivity contribution >= 4 is 29.1 Å². The topological polar surface area (TPSA) is 62.1 Å². The predicted octanol–water partition coefficient (Wildman–Crippen LogP) is 3.37. The van der Waals surface area contributed by atoms with Crippen molar-refractivity contribution in [1.29, 1.82) is 5.26 Å². The van der Waals surface area contributed by atoms with E-state index in [-0.39, 0.29) is 11.9 Å². The average Bonchev–Trinajstić information content (AvgIpc) is 2.99. The van der Waals surface area contributed by atoms with Crippen molar-refractivity contribution in [1.82, 2.24) is 5.32 Å². The third-order valence-corrected chi connectivity index (χ3v) is 4.84. The van der Waals surface area contributed by atoms with Crippen LogP contribution in [0.1, 0.15) is 24.6 Å². The molecule has 0 spiro atoms. The van der Waals surface area contributed by atoms with Gasteiger partial charge in [-0.15, -0.1) is 23.1 Å². The number of rotatable bonds is 4. The summed E-state index contributed by atoms with van der Waals surface area (Å²) in [4.78, 5) is 13.3. The fourth-order valence-corrected chi connectivity index (χ4v) is 3.77. The van der Waals surface area contributed by atoms with Gasteiger partial charge in [-0.25, -0.2) is 4.79 Å². The molecule has 1 aromatic heterocycles. The lowest BCUT2D eigenvalue weighted by Gasteiger charge is -2.27. The Morgan fingerprint density at radius 2 is 2.38 bits per heavy atom. The van der Waals surface area contributed by atoms with Crippen molar-refractivity contribution in [2.24, 2.45) is 0 Å². The van der Waals surface area contributed by atoms with Crippen LogP contribution in [0.2, 0.25) is 0 Å². The Morgan fingerprint density at radius 3 is 2.90 bits per heavy atom. The van der Waals surface area contributed by atoms with Gasteiger partial charge in [0.2, 0.25) is 0 Å². The van der Waals surface area contributed by atoms with E-state index in [0.717, 1.165) is 15.6 Å². The Labute approximate surface area is 132 Å². The molecule has 6 heteroatoms. The maximum absolute atomic E-state index is 12.3. The molecule has 1 unspecified atom stereocenters. The Hall–Kier alpha value is -1.71. The molecule has 4 nitrogen and oxygen atoms in total. The first kappa shape index (κ1) is 15.7. The molecule has 1 N–H and O–H groups in total. The highest BCUT2D eigenvalue weighted by atomic mass is 32.2. The van der Waals surface area contributed by atoms with Gasteiger partial charge in [0.1, 0.15) is 0 Å². The molecule has 0 amide bonds. The molecule has 1 aliphatic rings. The molecular weight excluding hydrogens is 304 g/mol. The molecule has 1 aromatic rings. The summed E-state index contributed by atoms with van der Waals surface area (Å²) >= 11 is 3.01. The number of hydrogen-bond acceptors (Lipinski definition) is 6. The van der Waals surface area contributed by atoms with Crippen molar-refractivity contribution in [3.8, 4) is 6.07 Å². The summed E-state index contributed by atoms with van der Waals surface area (Å²) in [6.07, 6.45) is 1.91. The number of carbonyl (C=O) groups excluding carboxylic acids is 1. The summed E-state index contributed by atoms with van der Waals surface area (Å²) in [7, 11) is 0. The summed E-state index contributed by atoms with van der Waals surface area (Å²) in [6.45, 7) is 3.93. The summed E-state index contributed by atoms with van der Waals surface area (Å²) in [6, 6.07) is 6.12. The van der Waals surface area contributed by atoms with Gasteiger partial charge in [0, 0.05) is 10.6 Å². The van der Waals surface area contributed by atoms with E-state index < -0.39 is 0 Å². The van der Waals surface area contributed by atoms with Crippen LogP contribution in [0.25, 0.3) is 0 Å². The molecule has 1 aliphatic heterocycles. The molecule has 1 atom stereocenters. The zero-order valence-electron chi connectivity index (χ0n) is 12.1. The number of hydrogen-bond donors (Lipinski definition) is 1. The molecule has 0 aliphatic carbocycles. The van der Waals surface area contributed by atoms with Gasteiger partial charge in [-0.2, -0.15) is 5.26 Å². The second-order valence-corrected chi connectivity index (χ2v) is 6.19. The van der Waals surface area contributed by atoms with Crippen molar-refractivity contribution in [3.63, 3.8) is 0 Å². The highest BCUT2D eigenvalue weighted by Crippen LogP contribution is 2.41. The van der Waals surface area contributed by atoms with Gasteiger partial charge in [0.25, 0.3) is 0 Å². The number of nitrogens with zero attached hydrogens (tertiary/aromatic N) is 1. The van der Waals surface area contributed by atoms with Crippen LogP contribution < -0.4 is 5.32 Å². The molecular formula is C15H16N2O2S2. The summed E-state index contributed by atoms with van der Waals surface area (Å²) in [5, 5.41) is 15.4. The van der Waals surface area contributed by atoms with Crippen LogP contribution >= 0.6 is 23.1 Å². The van der Waals surface area contributed by atoms with E-state index in [2.05, 4.69) is 11.4 Å². The van der Waals surface area contributed by atoms with Gasteiger partial charge in [-0.1, -0.05) is 6.07 Å². The number of esters is 1. The number of thioether (sulfide) groups is 1. The molecule has 0 radical (unpaired) electrons. The molecule has 110 valence electrons. The van der Waals surface area contributed by atoms with Crippen LogP contribution in [0.3, 0.4) is 0 Å². The number of dihydropyridines is 1. The first-order chi connectivity index (χ1) is 10.1. The van der Waals surface area contributed by atoms with Crippen LogP contribution in [0.5, 0.6) is 0 Å². The van der Waals surface area contributed by atoms with Crippen molar-refractivity contribution in [2.45, 2.75) is 19.8 Å². The van der Waals surface area contributed by atoms with Gasteiger partial charge in [-0.3, -0.25) is 0 Å².